The van der Waals surface area contributed by atoms with Crippen LogP contribution in [0.2, 0.25) is 0 Å². The molecule has 4 amide bonds. The maximum absolute atomic E-state index is 12.4. The Kier molecular flexibility index (Phi) is 4.37. The molecule has 2 heterocycles. The molecule has 126 valence electrons. The van der Waals surface area contributed by atoms with Crippen LogP contribution in [0.3, 0.4) is 0 Å². The van der Waals surface area contributed by atoms with Crippen LogP contribution in [0.4, 0.5) is 0 Å². The molecule has 1 saturated carbocycles. The van der Waals surface area contributed by atoms with Gasteiger partial charge in [-0.1, -0.05) is 12.8 Å². The zero-order valence-electron chi connectivity index (χ0n) is 13.5. The van der Waals surface area contributed by atoms with Gasteiger partial charge in [-0.3, -0.25) is 24.1 Å². The van der Waals surface area contributed by atoms with Crippen LogP contribution >= 0.6 is 0 Å². The Morgan fingerprint density at radius 1 is 0.913 bits per heavy atom. The van der Waals surface area contributed by atoms with E-state index < -0.39 is 0 Å². The summed E-state index contributed by atoms with van der Waals surface area (Å²) in [5.41, 5.74) is 0. The van der Waals surface area contributed by atoms with Gasteiger partial charge in [0.15, 0.2) is 0 Å². The van der Waals surface area contributed by atoms with Crippen LogP contribution in [0, 0.1) is 11.8 Å². The quantitative estimate of drug-likeness (QED) is 0.663. The smallest absolute Gasteiger partial charge is 0.242 e. The number of amides is 4. The van der Waals surface area contributed by atoms with Crippen LogP contribution in [-0.2, 0) is 19.2 Å². The van der Waals surface area contributed by atoms with Crippen molar-refractivity contribution in [3.8, 4) is 0 Å². The van der Waals surface area contributed by atoms with Crippen molar-refractivity contribution in [2.45, 2.75) is 32.6 Å². The molecule has 0 aromatic rings. The number of fused-ring (bicyclic) bond motifs is 1. The van der Waals surface area contributed by atoms with E-state index in [2.05, 4.69) is 0 Å². The molecule has 0 spiro atoms. The lowest BCUT2D eigenvalue weighted by Crippen LogP contribution is -2.52. The van der Waals surface area contributed by atoms with E-state index in [1.807, 2.05) is 0 Å². The maximum atomic E-state index is 12.4. The largest absolute Gasteiger partial charge is 0.339 e. The lowest BCUT2D eigenvalue weighted by Gasteiger charge is -2.34. The first-order valence-electron chi connectivity index (χ1n) is 8.37. The standard InChI is InChI=1S/C16H23N3O4/c1-11(20)17-6-8-18(9-7-17)14(21)10-19-15(22)12-4-2-3-5-13(12)16(19)23/h12-13H,2-10H2,1H3. The van der Waals surface area contributed by atoms with E-state index >= 15 is 0 Å². The first kappa shape index (κ1) is 16.0. The van der Waals surface area contributed by atoms with Crippen LogP contribution in [0.5, 0.6) is 0 Å². The molecule has 2 unspecified atom stereocenters. The molecule has 7 heteroatoms. The second kappa shape index (κ2) is 6.29. The Morgan fingerprint density at radius 3 is 1.87 bits per heavy atom. The first-order valence-corrected chi connectivity index (χ1v) is 8.37. The lowest BCUT2D eigenvalue weighted by molar-refractivity contribution is -0.147. The summed E-state index contributed by atoms with van der Waals surface area (Å²) in [5, 5.41) is 0. The van der Waals surface area contributed by atoms with Crippen molar-refractivity contribution in [2.75, 3.05) is 32.7 Å². The van der Waals surface area contributed by atoms with Gasteiger partial charge < -0.3 is 9.80 Å². The van der Waals surface area contributed by atoms with E-state index in [4.69, 9.17) is 0 Å². The number of nitrogens with zero attached hydrogens (tertiary/aromatic N) is 3. The third-order valence-electron chi connectivity index (χ3n) is 5.30. The summed E-state index contributed by atoms with van der Waals surface area (Å²) in [5.74, 6) is -0.956. The Bertz CT molecular complexity index is 515. The number of carbonyl (C=O) groups is 4. The summed E-state index contributed by atoms with van der Waals surface area (Å²) >= 11 is 0. The fourth-order valence-corrected chi connectivity index (χ4v) is 3.89. The summed E-state index contributed by atoms with van der Waals surface area (Å²) in [4.78, 5) is 53.0. The Labute approximate surface area is 135 Å². The van der Waals surface area contributed by atoms with E-state index in [0.29, 0.717) is 26.2 Å². The van der Waals surface area contributed by atoms with Gasteiger partial charge in [0.1, 0.15) is 6.54 Å². The monoisotopic (exact) mass is 321 g/mol. The summed E-state index contributed by atoms with van der Waals surface area (Å²) < 4.78 is 0. The first-order chi connectivity index (χ1) is 11.0. The summed E-state index contributed by atoms with van der Waals surface area (Å²) in [7, 11) is 0. The molecule has 0 radical (unpaired) electrons. The number of hydrogen-bond acceptors (Lipinski definition) is 4. The molecule has 3 rings (SSSR count). The predicted molar refractivity (Wildman–Crippen MR) is 81.0 cm³/mol. The number of piperazine rings is 1. The minimum Gasteiger partial charge on any atom is -0.339 e. The highest BCUT2D eigenvalue weighted by Gasteiger charge is 2.48. The Morgan fingerprint density at radius 2 is 1.39 bits per heavy atom. The molecule has 7 nitrogen and oxygen atoms in total. The number of imide groups is 1. The van der Waals surface area contributed by atoms with E-state index in [-0.39, 0.29) is 42.0 Å². The average molecular weight is 321 g/mol. The fraction of sp³-hybridized carbons (Fsp3) is 0.750. The molecule has 2 aliphatic heterocycles. The van der Waals surface area contributed by atoms with Crippen molar-refractivity contribution in [1.29, 1.82) is 0 Å². The van der Waals surface area contributed by atoms with Gasteiger partial charge in [-0.2, -0.15) is 0 Å². The molecular weight excluding hydrogens is 298 g/mol. The molecule has 0 N–H and O–H groups in total. The van der Waals surface area contributed by atoms with Gasteiger partial charge >= 0.3 is 0 Å². The molecule has 2 atom stereocenters. The van der Waals surface area contributed by atoms with Crippen LogP contribution in [-0.4, -0.2) is 71.1 Å². The summed E-state index contributed by atoms with van der Waals surface area (Å²) in [6, 6.07) is 0. The number of rotatable bonds is 2. The van der Waals surface area contributed by atoms with E-state index in [1.54, 1.807) is 9.80 Å². The summed E-state index contributed by atoms with van der Waals surface area (Å²) in [6.45, 7) is 3.30. The Hall–Kier alpha value is -1.92. The number of likely N-dealkylation sites (tertiary alicyclic amines) is 1. The molecule has 0 aromatic heterocycles. The highest BCUT2D eigenvalue weighted by Crippen LogP contribution is 2.37. The highest BCUT2D eigenvalue weighted by atomic mass is 16.2. The zero-order valence-corrected chi connectivity index (χ0v) is 13.5. The van der Waals surface area contributed by atoms with E-state index in [1.165, 1.54) is 11.8 Å². The molecule has 1 aliphatic carbocycles. The number of carbonyl (C=O) groups excluding carboxylic acids is 4. The van der Waals surface area contributed by atoms with Crippen molar-refractivity contribution >= 4 is 23.6 Å². The van der Waals surface area contributed by atoms with Gasteiger partial charge in [-0.05, 0) is 12.8 Å². The number of hydrogen-bond donors (Lipinski definition) is 0. The maximum Gasteiger partial charge on any atom is 0.242 e. The zero-order chi connectivity index (χ0) is 16.6. The minimum absolute atomic E-state index is 0.00562. The normalized spacial score (nSPS) is 28.1. The molecular formula is C16H23N3O4. The van der Waals surface area contributed by atoms with Crippen molar-refractivity contribution in [2.24, 2.45) is 11.8 Å². The molecule has 3 aliphatic rings. The predicted octanol–water partition coefficient (Wildman–Crippen LogP) is -0.148. The highest BCUT2D eigenvalue weighted by molar-refractivity contribution is 6.07. The van der Waals surface area contributed by atoms with Gasteiger partial charge in [0.2, 0.25) is 23.6 Å². The SMILES string of the molecule is CC(=O)N1CCN(C(=O)CN2C(=O)C3CCCCC3C2=O)CC1. The van der Waals surface area contributed by atoms with Crippen LogP contribution in [0.25, 0.3) is 0 Å². The topological polar surface area (TPSA) is 78.0 Å². The van der Waals surface area contributed by atoms with Gasteiger partial charge in [0.25, 0.3) is 0 Å². The van der Waals surface area contributed by atoms with Gasteiger partial charge in [0.05, 0.1) is 11.8 Å². The second-order valence-electron chi connectivity index (χ2n) is 6.65. The van der Waals surface area contributed by atoms with E-state index in [9.17, 15) is 19.2 Å². The minimum atomic E-state index is -0.210. The molecule has 0 bridgehead atoms. The van der Waals surface area contributed by atoms with Crippen molar-refractivity contribution < 1.29 is 19.2 Å². The lowest BCUT2D eigenvalue weighted by atomic mass is 9.81. The van der Waals surface area contributed by atoms with Crippen LogP contribution in [0.15, 0.2) is 0 Å². The second-order valence-corrected chi connectivity index (χ2v) is 6.65. The molecule has 23 heavy (non-hydrogen) atoms. The average Bonchev–Trinajstić information content (AvgIpc) is 2.80. The molecule has 2 saturated heterocycles. The van der Waals surface area contributed by atoms with Crippen molar-refractivity contribution in [1.82, 2.24) is 14.7 Å². The molecule has 0 aromatic carbocycles. The van der Waals surface area contributed by atoms with Gasteiger partial charge in [-0.15, -0.1) is 0 Å². The summed E-state index contributed by atoms with van der Waals surface area (Å²) in [6.07, 6.45) is 3.48. The van der Waals surface area contributed by atoms with Crippen LogP contribution < -0.4 is 0 Å². The van der Waals surface area contributed by atoms with Crippen molar-refractivity contribution in [3.63, 3.8) is 0 Å². The fourth-order valence-electron chi connectivity index (χ4n) is 3.89. The van der Waals surface area contributed by atoms with Crippen LogP contribution in [0.1, 0.15) is 32.6 Å². The van der Waals surface area contributed by atoms with Crippen molar-refractivity contribution in [3.05, 3.63) is 0 Å². The third-order valence-corrected chi connectivity index (χ3v) is 5.30. The van der Waals surface area contributed by atoms with E-state index in [0.717, 1.165) is 25.7 Å². The Balaban J connectivity index is 1.59. The van der Waals surface area contributed by atoms with Gasteiger partial charge in [-0.25, -0.2) is 0 Å². The third kappa shape index (κ3) is 2.96. The van der Waals surface area contributed by atoms with Gasteiger partial charge in [0, 0.05) is 33.1 Å². The molecule has 3 fully saturated rings.